The van der Waals surface area contributed by atoms with Crippen LogP contribution in [0.3, 0.4) is 0 Å². The highest BCUT2D eigenvalue weighted by Gasteiger charge is 2.34. The minimum atomic E-state index is 0.824. The molecule has 1 saturated heterocycles. The molecule has 0 bridgehead atoms. The van der Waals surface area contributed by atoms with Gasteiger partial charge in [-0.3, -0.25) is 9.58 Å². The minimum Gasteiger partial charge on any atom is -0.294 e. The second-order valence-electron chi connectivity index (χ2n) is 6.60. The van der Waals surface area contributed by atoms with Gasteiger partial charge in [0.25, 0.3) is 0 Å². The third-order valence-corrected chi connectivity index (χ3v) is 6.32. The predicted octanol–water partition coefficient (Wildman–Crippen LogP) is 4.38. The van der Waals surface area contributed by atoms with Gasteiger partial charge >= 0.3 is 0 Å². The summed E-state index contributed by atoms with van der Waals surface area (Å²) in [7, 11) is 0. The lowest BCUT2D eigenvalue weighted by Crippen LogP contribution is -2.34. The Hall–Kier alpha value is -0.350. The van der Waals surface area contributed by atoms with Crippen LogP contribution in [-0.2, 0) is 19.5 Å². The van der Waals surface area contributed by atoms with Crippen molar-refractivity contribution >= 4 is 15.9 Å². The van der Waals surface area contributed by atoms with Crippen LogP contribution >= 0.6 is 15.9 Å². The first-order chi connectivity index (χ1) is 10.2. The summed E-state index contributed by atoms with van der Waals surface area (Å²) in [6.07, 6.45) is 9.60. The Morgan fingerprint density at radius 2 is 1.90 bits per heavy atom. The molecule has 1 unspecified atom stereocenters. The SMILES string of the molecule is CCc1nn(CC)c(CN2CCCC2C2CCCC2)c1Br. The van der Waals surface area contributed by atoms with E-state index in [1.54, 1.807) is 0 Å². The van der Waals surface area contributed by atoms with E-state index in [1.807, 2.05) is 0 Å². The molecule has 1 aliphatic heterocycles. The van der Waals surface area contributed by atoms with E-state index < -0.39 is 0 Å². The number of likely N-dealkylation sites (tertiary alicyclic amines) is 1. The highest BCUT2D eigenvalue weighted by molar-refractivity contribution is 9.10. The van der Waals surface area contributed by atoms with E-state index in [-0.39, 0.29) is 0 Å². The molecule has 0 aromatic carbocycles. The van der Waals surface area contributed by atoms with Crippen molar-refractivity contribution in [3.8, 4) is 0 Å². The van der Waals surface area contributed by atoms with Crippen molar-refractivity contribution in [3.63, 3.8) is 0 Å². The van der Waals surface area contributed by atoms with Gasteiger partial charge in [-0.05, 0) is 67.4 Å². The number of hydrogen-bond acceptors (Lipinski definition) is 2. The third kappa shape index (κ3) is 3.07. The molecule has 4 heteroatoms. The standard InChI is InChI=1S/C17H28BrN3/c1-3-14-17(18)16(21(4-2)19-14)12-20-11-7-10-15(20)13-8-5-6-9-13/h13,15H,3-12H2,1-2H3. The largest absolute Gasteiger partial charge is 0.294 e. The first-order valence-electron chi connectivity index (χ1n) is 8.72. The molecule has 2 fully saturated rings. The van der Waals surface area contributed by atoms with Crippen LogP contribution in [0, 0.1) is 5.92 Å². The van der Waals surface area contributed by atoms with Crippen LogP contribution < -0.4 is 0 Å². The fourth-order valence-corrected chi connectivity index (χ4v) is 4.97. The van der Waals surface area contributed by atoms with Gasteiger partial charge in [0.05, 0.1) is 15.9 Å². The topological polar surface area (TPSA) is 21.1 Å². The van der Waals surface area contributed by atoms with E-state index in [0.29, 0.717) is 0 Å². The summed E-state index contributed by atoms with van der Waals surface area (Å²) in [5.74, 6) is 0.954. The molecule has 3 nitrogen and oxygen atoms in total. The average molecular weight is 354 g/mol. The number of halogens is 1. The zero-order valence-electron chi connectivity index (χ0n) is 13.4. The lowest BCUT2D eigenvalue weighted by molar-refractivity contribution is 0.178. The zero-order chi connectivity index (χ0) is 14.8. The molecule has 1 atom stereocenters. The first-order valence-corrected chi connectivity index (χ1v) is 9.52. The quantitative estimate of drug-likeness (QED) is 0.782. The molecule has 1 saturated carbocycles. The van der Waals surface area contributed by atoms with Crippen molar-refractivity contribution in [2.24, 2.45) is 5.92 Å². The maximum atomic E-state index is 4.75. The van der Waals surface area contributed by atoms with Gasteiger partial charge in [-0.2, -0.15) is 5.10 Å². The molecule has 0 N–H and O–H groups in total. The third-order valence-electron chi connectivity index (χ3n) is 5.41. The smallest absolute Gasteiger partial charge is 0.0767 e. The fraction of sp³-hybridized carbons (Fsp3) is 0.824. The Morgan fingerprint density at radius 1 is 1.14 bits per heavy atom. The van der Waals surface area contributed by atoms with Crippen molar-refractivity contribution in [2.75, 3.05) is 6.54 Å². The van der Waals surface area contributed by atoms with Gasteiger partial charge in [-0.1, -0.05) is 19.8 Å². The number of hydrogen-bond donors (Lipinski definition) is 0. The number of aromatic nitrogens is 2. The van der Waals surface area contributed by atoms with E-state index in [0.717, 1.165) is 31.5 Å². The molecular formula is C17H28BrN3. The monoisotopic (exact) mass is 353 g/mol. The fourth-order valence-electron chi connectivity index (χ4n) is 4.28. The first kappa shape index (κ1) is 15.5. The van der Waals surface area contributed by atoms with Gasteiger partial charge < -0.3 is 0 Å². The average Bonchev–Trinajstić information content (AvgIpc) is 3.21. The van der Waals surface area contributed by atoms with Crippen molar-refractivity contribution in [2.45, 2.75) is 77.9 Å². The summed E-state index contributed by atoms with van der Waals surface area (Å²) in [5.41, 5.74) is 2.60. The summed E-state index contributed by atoms with van der Waals surface area (Å²) >= 11 is 3.80. The maximum absolute atomic E-state index is 4.75. The van der Waals surface area contributed by atoms with Crippen LogP contribution in [0.25, 0.3) is 0 Å². The minimum absolute atomic E-state index is 0.824. The van der Waals surface area contributed by atoms with Crippen LogP contribution in [0.5, 0.6) is 0 Å². The molecule has 2 heterocycles. The van der Waals surface area contributed by atoms with Gasteiger partial charge in [-0.25, -0.2) is 0 Å². The van der Waals surface area contributed by atoms with Gasteiger partial charge in [0.2, 0.25) is 0 Å². The second kappa shape index (κ2) is 6.82. The lowest BCUT2D eigenvalue weighted by atomic mass is 9.96. The molecule has 0 radical (unpaired) electrons. The number of nitrogens with zero attached hydrogens (tertiary/aromatic N) is 3. The van der Waals surface area contributed by atoms with Gasteiger partial charge in [0, 0.05) is 19.1 Å². The second-order valence-corrected chi connectivity index (χ2v) is 7.39. The van der Waals surface area contributed by atoms with Gasteiger partial charge in [-0.15, -0.1) is 0 Å². The summed E-state index contributed by atoms with van der Waals surface area (Å²) in [6, 6.07) is 0.824. The van der Waals surface area contributed by atoms with Crippen LogP contribution in [0.15, 0.2) is 4.47 Å². The number of rotatable bonds is 5. The van der Waals surface area contributed by atoms with Crippen LogP contribution in [0.1, 0.15) is 63.8 Å². The summed E-state index contributed by atoms with van der Waals surface area (Å²) in [5, 5.41) is 4.75. The van der Waals surface area contributed by atoms with Crippen molar-refractivity contribution < 1.29 is 0 Å². The molecule has 21 heavy (non-hydrogen) atoms. The predicted molar refractivity (Wildman–Crippen MR) is 90.4 cm³/mol. The molecular weight excluding hydrogens is 326 g/mol. The number of aryl methyl sites for hydroxylation is 2. The Labute approximate surface area is 137 Å². The Bertz CT molecular complexity index is 477. The van der Waals surface area contributed by atoms with E-state index in [2.05, 4.69) is 39.4 Å². The zero-order valence-corrected chi connectivity index (χ0v) is 15.0. The molecule has 2 aliphatic rings. The lowest BCUT2D eigenvalue weighted by Gasteiger charge is -2.29. The van der Waals surface area contributed by atoms with E-state index in [9.17, 15) is 0 Å². The molecule has 0 spiro atoms. The van der Waals surface area contributed by atoms with Crippen molar-refractivity contribution in [1.82, 2.24) is 14.7 Å². The van der Waals surface area contributed by atoms with Crippen LogP contribution in [0.2, 0.25) is 0 Å². The Balaban J connectivity index is 1.77. The van der Waals surface area contributed by atoms with Gasteiger partial charge in [0.15, 0.2) is 0 Å². The van der Waals surface area contributed by atoms with Crippen LogP contribution in [-0.4, -0.2) is 27.3 Å². The van der Waals surface area contributed by atoms with Crippen molar-refractivity contribution in [1.29, 1.82) is 0 Å². The molecule has 1 aromatic rings. The molecule has 1 aromatic heterocycles. The molecule has 0 amide bonds. The van der Waals surface area contributed by atoms with Crippen molar-refractivity contribution in [3.05, 3.63) is 15.9 Å². The molecule has 118 valence electrons. The van der Waals surface area contributed by atoms with Crippen LogP contribution in [0.4, 0.5) is 0 Å². The van der Waals surface area contributed by atoms with Gasteiger partial charge in [0.1, 0.15) is 0 Å². The Morgan fingerprint density at radius 3 is 2.57 bits per heavy atom. The maximum Gasteiger partial charge on any atom is 0.0767 e. The highest BCUT2D eigenvalue weighted by Crippen LogP contribution is 2.36. The van der Waals surface area contributed by atoms with E-state index >= 15 is 0 Å². The highest BCUT2D eigenvalue weighted by atomic mass is 79.9. The molecule has 3 rings (SSSR count). The summed E-state index contributed by atoms with van der Waals surface area (Å²) < 4.78 is 3.45. The molecule has 1 aliphatic carbocycles. The normalized spacial score (nSPS) is 24.2. The van der Waals surface area contributed by atoms with E-state index in [4.69, 9.17) is 5.10 Å². The summed E-state index contributed by atoms with van der Waals surface area (Å²) in [4.78, 5) is 2.74. The summed E-state index contributed by atoms with van der Waals surface area (Å²) in [6.45, 7) is 7.69. The van der Waals surface area contributed by atoms with E-state index in [1.165, 1.54) is 60.9 Å². The Kier molecular flexibility index (Phi) is 5.05.